The molecule has 0 aliphatic carbocycles. The summed E-state index contributed by atoms with van der Waals surface area (Å²) in [5.41, 5.74) is 2.56. The van der Waals surface area contributed by atoms with Crippen LogP contribution in [0.2, 0.25) is 0 Å². The smallest absolute Gasteiger partial charge is 0.0900 e. The fourth-order valence-electron chi connectivity index (χ4n) is 1.29. The largest absolute Gasteiger partial charge is 0.249 e. The Morgan fingerprint density at radius 1 is 1.13 bits per heavy atom. The second-order valence-corrected chi connectivity index (χ2v) is 4.35. The van der Waals surface area contributed by atoms with Crippen LogP contribution in [0.3, 0.4) is 0 Å². The zero-order valence-corrected chi connectivity index (χ0v) is 10.6. The molecule has 2 heteroatoms. The third-order valence-electron chi connectivity index (χ3n) is 1.92. The Kier molecular flexibility index (Phi) is 4.50. The van der Waals surface area contributed by atoms with Gasteiger partial charge in [-0.1, -0.05) is 43.7 Å². The van der Waals surface area contributed by atoms with Gasteiger partial charge in [-0.2, -0.15) is 0 Å². The highest BCUT2D eigenvalue weighted by atomic mass is 32.1. The maximum absolute atomic E-state index is 4.24. The number of hydrogen-bond donors (Lipinski definition) is 0. The fourth-order valence-corrected chi connectivity index (χ4v) is 2.07. The summed E-state index contributed by atoms with van der Waals surface area (Å²) < 4.78 is 0. The molecule has 0 radical (unpaired) electrons. The van der Waals surface area contributed by atoms with Crippen LogP contribution in [0.5, 0.6) is 0 Å². The van der Waals surface area contributed by atoms with Crippen molar-refractivity contribution < 1.29 is 0 Å². The van der Waals surface area contributed by atoms with Gasteiger partial charge < -0.3 is 0 Å². The first-order valence-electron chi connectivity index (χ1n) is 5.25. The number of hydrogen-bond acceptors (Lipinski definition) is 2. The molecule has 0 saturated heterocycles. The molecule has 1 aromatic carbocycles. The Bertz CT molecular complexity index is 418. The summed E-state index contributed by atoms with van der Waals surface area (Å²) in [7, 11) is 0. The van der Waals surface area contributed by atoms with Crippen molar-refractivity contribution in [1.82, 2.24) is 4.98 Å². The minimum Gasteiger partial charge on any atom is -0.249 e. The van der Waals surface area contributed by atoms with E-state index in [0.717, 1.165) is 5.01 Å². The van der Waals surface area contributed by atoms with E-state index in [1.165, 1.54) is 16.0 Å². The Morgan fingerprint density at radius 2 is 1.87 bits per heavy atom. The van der Waals surface area contributed by atoms with Crippen LogP contribution in [-0.2, 0) is 0 Å². The molecule has 0 bridgehead atoms. The monoisotopic (exact) mass is 219 g/mol. The van der Waals surface area contributed by atoms with Crippen molar-refractivity contribution in [3.63, 3.8) is 0 Å². The van der Waals surface area contributed by atoms with E-state index in [2.05, 4.69) is 36.2 Å². The van der Waals surface area contributed by atoms with Gasteiger partial charge >= 0.3 is 0 Å². The predicted octanol–water partition coefficient (Wildman–Crippen LogP) is 4.45. The van der Waals surface area contributed by atoms with E-state index in [0.29, 0.717) is 0 Å². The lowest BCUT2D eigenvalue weighted by Crippen LogP contribution is -1.73. The van der Waals surface area contributed by atoms with Crippen LogP contribution < -0.4 is 0 Å². The van der Waals surface area contributed by atoms with Gasteiger partial charge in [0.2, 0.25) is 0 Å². The number of aryl methyl sites for hydroxylation is 2. The van der Waals surface area contributed by atoms with Crippen LogP contribution >= 0.6 is 11.3 Å². The lowest BCUT2D eigenvalue weighted by molar-refractivity contribution is 1.30. The van der Waals surface area contributed by atoms with Gasteiger partial charge in [-0.05, 0) is 19.4 Å². The average molecular weight is 219 g/mol. The summed E-state index contributed by atoms with van der Waals surface area (Å²) >= 11 is 1.74. The zero-order valence-electron chi connectivity index (χ0n) is 9.74. The number of nitrogens with zero attached hydrogens (tertiary/aromatic N) is 1. The molecule has 0 aliphatic rings. The maximum Gasteiger partial charge on any atom is 0.0900 e. The standard InChI is InChI=1S/C11H11NS.C2H6/c1-8-4-3-5-10(6-8)11-7-12-9(2)13-11;1-2/h3-7H,1-2H3;1-2H3. The van der Waals surface area contributed by atoms with Crippen molar-refractivity contribution in [1.29, 1.82) is 0 Å². The first kappa shape index (κ1) is 11.9. The summed E-state index contributed by atoms with van der Waals surface area (Å²) in [5.74, 6) is 0. The highest BCUT2D eigenvalue weighted by molar-refractivity contribution is 7.15. The second-order valence-electron chi connectivity index (χ2n) is 3.11. The van der Waals surface area contributed by atoms with E-state index in [9.17, 15) is 0 Å². The summed E-state index contributed by atoms with van der Waals surface area (Å²) in [6.07, 6.45) is 1.94. The van der Waals surface area contributed by atoms with Crippen molar-refractivity contribution in [2.45, 2.75) is 27.7 Å². The fraction of sp³-hybridized carbons (Fsp3) is 0.308. The molecule has 0 spiro atoms. The van der Waals surface area contributed by atoms with Gasteiger partial charge in [-0.25, -0.2) is 4.98 Å². The quantitative estimate of drug-likeness (QED) is 0.690. The molecule has 2 rings (SSSR count). The molecule has 0 atom stereocenters. The minimum absolute atomic E-state index is 1.12. The molecule has 0 N–H and O–H groups in total. The summed E-state index contributed by atoms with van der Waals surface area (Å²) in [5, 5.41) is 1.12. The number of rotatable bonds is 1. The molecule has 0 fully saturated rings. The molecule has 15 heavy (non-hydrogen) atoms. The van der Waals surface area contributed by atoms with E-state index in [-0.39, 0.29) is 0 Å². The van der Waals surface area contributed by atoms with Gasteiger partial charge in [-0.15, -0.1) is 11.3 Å². The molecule has 0 saturated carbocycles. The second kappa shape index (κ2) is 5.66. The van der Waals surface area contributed by atoms with E-state index >= 15 is 0 Å². The van der Waals surface area contributed by atoms with Crippen LogP contribution in [0.4, 0.5) is 0 Å². The van der Waals surface area contributed by atoms with Crippen molar-refractivity contribution in [3.05, 3.63) is 41.0 Å². The van der Waals surface area contributed by atoms with Crippen LogP contribution in [0.1, 0.15) is 24.4 Å². The average Bonchev–Trinajstić information content (AvgIpc) is 2.68. The number of aromatic nitrogens is 1. The normalized spacial score (nSPS) is 9.33. The molecule has 1 nitrogen and oxygen atoms in total. The van der Waals surface area contributed by atoms with E-state index in [1.807, 2.05) is 27.0 Å². The third kappa shape index (κ3) is 3.17. The Hall–Kier alpha value is -1.15. The molecule has 0 amide bonds. The Labute approximate surface area is 95.8 Å². The molecule has 1 heterocycles. The van der Waals surface area contributed by atoms with E-state index < -0.39 is 0 Å². The van der Waals surface area contributed by atoms with Crippen molar-refractivity contribution >= 4 is 11.3 Å². The first-order valence-corrected chi connectivity index (χ1v) is 6.07. The van der Waals surface area contributed by atoms with Crippen molar-refractivity contribution in [2.75, 3.05) is 0 Å². The lowest BCUT2D eigenvalue weighted by atomic mass is 10.1. The first-order chi connectivity index (χ1) is 7.25. The van der Waals surface area contributed by atoms with Gasteiger partial charge in [0.25, 0.3) is 0 Å². The van der Waals surface area contributed by atoms with E-state index in [4.69, 9.17) is 0 Å². The zero-order chi connectivity index (χ0) is 11.3. The number of thiazole rings is 1. The van der Waals surface area contributed by atoms with Gasteiger partial charge in [0.15, 0.2) is 0 Å². The molecule has 80 valence electrons. The molecule has 1 aromatic heterocycles. The molecule has 2 aromatic rings. The topological polar surface area (TPSA) is 12.9 Å². The third-order valence-corrected chi connectivity index (χ3v) is 2.89. The highest BCUT2D eigenvalue weighted by Gasteiger charge is 2.00. The molecular weight excluding hydrogens is 202 g/mol. The number of benzene rings is 1. The predicted molar refractivity (Wildman–Crippen MR) is 68.4 cm³/mol. The summed E-state index contributed by atoms with van der Waals surface area (Å²) in [6.45, 7) is 8.14. The minimum atomic E-state index is 1.12. The SMILES string of the molecule is CC.Cc1cccc(-c2cnc(C)s2)c1. The van der Waals surface area contributed by atoms with Crippen LogP contribution in [0, 0.1) is 13.8 Å². The maximum atomic E-state index is 4.24. The van der Waals surface area contributed by atoms with Gasteiger partial charge in [0, 0.05) is 6.20 Å². The van der Waals surface area contributed by atoms with E-state index in [1.54, 1.807) is 11.3 Å². The highest BCUT2D eigenvalue weighted by Crippen LogP contribution is 2.25. The van der Waals surface area contributed by atoms with Crippen LogP contribution in [0.25, 0.3) is 10.4 Å². The van der Waals surface area contributed by atoms with Crippen molar-refractivity contribution in [3.8, 4) is 10.4 Å². The lowest BCUT2D eigenvalue weighted by Gasteiger charge is -1.97. The van der Waals surface area contributed by atoms with Gasteiger partial charge in [0.05, 0.1) is 9.88 Å². The molecule has 0 unspecified atom stereocenters. The molecular formula is C13H17NS. The van der Waals surface area contributed by atoms with Crippen LogP contribution in [0.15, 0.2) is 30.5 Å². The van der Waals surface area contributed by atoms with Gasteiger partial charge in [-0.3, -0.25) is 0 Å². The van der Waals surface area contributed by atoms with Gasteiger partial charge in [0.1, 0.15) is 0 Å². The Balaban J connectivity index is 0.000000531. The Morgan fingerprint density at radius 3 is 2.40 bits per heavy atom. The summed E-state index contributed by atoms with van der Waals surface area (Å²) in [6, 6.07) is 8.50. The summed E-state index contributed by atoms with van der Waals surface area (Å²) in [4.78, 5) is 5.49. The van der Waals surface area contributed by atoms with Crippen LogP contribution in [-0.4, -0.2) is 4.98 Å². The van der Waals surface area contributed by atoms with Crippen molar-refractivity contribution in [2.24, 2.45) is 0 Å². The molecule has 0 aliphatic heterocycles.